The van der Waals surface area contributed by atoms with Crippen molar-refractivity contribution in [2.75, 3.05) is 5.32 Å². The highest BCUT2D eigenvalue weighted by Crippen LogP contribution is 2.19. The maximum atomic E-state index is 13.0. The van der Waals surface area contributed by atoms with Gasteiger partial charge in [-0.2, -0.15) is 0 Å². The van der Waals surface area contributed by atoms with Crippen molar-refractivity contribution >= 4 is 23.3 Å². The standard InChI is InChI=1S/C15H14ClFN2O/c1-10-3-2-4-11(7-10)9-18-15(20)19-12-5-6-14(17)13(16)8-12/h2-8H,9H2,1H3,(H2,18,19,20). The Balaban J connectivity index is 1.91. The molecule has 2 rings (SSSR count). The third kappa shape index (κ3) is 3.96. The molecule has 0 saturated carbocycles. The molecular weight excluding hydrogens is 279 g/mol. The summed E-state index contributed by atoms with van der Waals surface area (Å²) in [5, 5.41) is 5.29. The van der Waals surface area contributed by atoms with Crippen LogP contribution >= 0.6 is 11.6 Å². The SMILES string of the molecule is Cc1cccc(CNC(=O)Nc2ccc(F)c(Cl)c2)c1. The molecule has 2 N–H and O–H groups in total. The fourth-order valence-electron chi connectivity index (χ4n) is 1.75. The first-order chi connectivity index (χ1) is 9.54. The Labute approximate surface area is 121 Å². The molecule has 0 radical (unpaired) electrons. The number of halogens is 2. The molecule has 0 aliphatic rings. The molecule has 5 heteroatoms. The van der Waals surface area contributed by atoms with E-state index in [4.69, 9.17) is 11.6 Å². The Morgan fingerprint density at radius 2 is 2.05 bits per heavy atom. The molecule has 2 aromatic carbocycles. The third-order valence-electron chi connectivity index (χ3n) is 2.71. The van der Waals surface area contributed by atoms with Crippen LogP contribution in [0, 0.1) is 12.7 Å². The van der Waals surface area contributed by atoms with Gasteiger partial charge in [0.05, 0.1) is 5.02 Å². The Morgan fingerprint density at radius 3 is 2.75 bits per heavy atom. The van der Waals surface area contributed by atoms with Gasteiger partial charge >= 0.3 is 6.03 Å². The van der Waals surface area contributed by atoms with E-state index in [2.05, 4.69) is 10.6 Å². The zero-order chi connectivity index (χ0) is 14.5. The molecule has 0 unspecified atom stereocenters. The van der Waals surface area contributed by atoms with Crippen LogP contribution in [0.2, 0.25) is 5.02 Å². The zero-order valence-corrected chi connectivity index (χ0v) is 11.7. The van der Waals surface area contributed by atoms with E-state index in [1.54, 1.807) is 0 Å². The predicted octanol–water partition coefficient (Wildman–Crippen LogP) is 4.11. The normalized spacial score (nSPS) is 10.2. The Kier molecular flexibility index (Phi) is 4.58. The lowest BCUT2D eigenvalue weighted by Gasteiger charge is -2.08. The molecule has 20 heavy (non-hydrogen) atoms. The summed E-state index contributed by atoms with van der Waals surface area (Å²) in [4.78, 5) is 11.7. The summed E-state index contributed by atoms with van der Waals surface area (Å²) < 4.78 is 13.0. The fourth-order valence-corrected chi connectivity index (χ4v) is 1.93. The average Bonchev–Trinajstić information content (AvgIpc) is 2.41. The number of aryl methyl sites for hydroxylation is 1. The number of urea groups is 1. The topological polar surface area (TPSA) is 41.1 Å². The molecule has 0 fully saturated rings. The Hall–Kier alpha value is -2.07. The van der Waals surface area contributed by atoms with Crippen molar-refractivity contribution in [2.45, 2.75) is 13.5 Å². The van der Waals surface area contributed by atoms with Crippen molar-refractivity contribution in [3.05, 3.63) is 64.4 Å². The number of amides is 2. The minimum Gasteiger partial charge on any atom is -0.334 e. The van der Waals surface area contributed by atoms with E-state index >= 15 is 0 Å². The van der Waals surface area contributed by atoms with E-state index in [0.717, 1.165) is 11.1 Å². The first kappa shape index (κ1) is 14.3. The molecule has 104 valence electrons. The van der Waals surface area contributed by atoms with Crippen LogP contribution in [0.5, 0.6) is 0 Å². The first-order valence-electron chi connectivity index (χ1n) is 6.10. The summed E-state index contributed by atoms with van der Waals surface area (Å²) in [7, 11) is 0. The van der Waals surface area contributed by atoms with Gasteiger partial charge in [0.25, 0.3) is 0 Å². The van der Waals surface area contributed by atoms with Gasteiger partial charge in [0, 0.05) is 12.2 Å². The monoisotopic (exact) mass is 292 g/mol. The Morgan fingerprint density at radius 1 is 1.25 bits per heavy atom. The van der Waals surface area contributed by atoms with Crippen LogP contribution in [-0.4, -0.2) is 6.03 Å². The molecule has 0 spiro atoms. The van der Waals surface area contributed by atoms with E-state index in [0.29, 0.717) is 12.2 Å². The fraction of sp³-hybridized carbons (Fsp3) is 0.133. The number of nitrogens with one attached hydrogen (secondary N) is 2. The second-order valence-electron chi connectivity index (χ2n) is 4.43. The smallest absolute Gasteiger partial charge is 0.319 e. The summed E-state index contributed by atoms with van der Waals surface area (Å²) in [5.74, 6) is -0.516. The highest BCUT2D eigenvalue weighted by molar-refractivity contribution is 6.31. The van der Waals surface area contributed by atoms with Gasteiger partial charge in [0.15, 0.2) is 0 Å². The van der Waals surface area contributed by atoms with E-state index in [9.17, 15) is 9.18 Å². The molecule has 0 aliphatic heterocycles. The van der Waals surface area contributed by atoms with Gasteiger partial charge in [-0.1, -0.05) is 41.4 Å². The number of anilines is 1. The summed E-state index contributed by atoms with van der Waals surface area (Å²) in [6.07, 6.45) is 0. The van der Waals surface area contributed by atoms with E-state index in [1.165, 1.54) is 18.2 Å². The van der Waals surface area contributed by atoms with E-state index in [1.807, 2.05) is 31.2 Å². The van der Waals surface area contributed by atoms with Crippen molar-refractivity contribution < 1.29 is 9.18 Å². The number of carbonyl (C=O) groups excluding carboxylic acids is 1. The molecule has 0 atom stereocenters. The molecular formula is C15H14ClFN2O. The van der Waals surface area contributed by atoms with Gasteiger partial charge in [0.2, 0.25) is 0 Å². The molecule has 0 bridgehead atoms. The molecule has 0 heterocycles. The van der Waals surface area contributed by atoms with Gasteiger partial charge in [-0.25, -0.2) is 9.18 Å². The largest absolute Gasteiger partial charge is 0.334 e. The van der Waals surface area contributed by atoms with E-state index in [-0.39, 0.29) is 11.1 Å². The summed E-state index contributed by atoms with van der Waals surface area (Å²) in [6.45, 7) is 2.41. The molecule has 0 aliphatic carbocycles. The molecule has 2 aromatic rings. The number of benzene rings is 2. The second-order valence-corrected chi connectivity index (χ2v) is 4.83. The van der Waals surface area contributed by atoms with Gasteiger partial charge in [0.1, 0.15) is 5.82 Å². The highest BCUT2D eigenvalue weighted by atomic mass is 35.5. The Bertz CT molecular complexity index is 631. The summed E-state index contributed by atoms with van der Waals surface area (Å²) >= 11 is 5.64. The van der Waals surface area contributed by atoms with Crippen molar-refractivity contribution in [1.29, 1.82) is 0 Å². The van der Waals surface area contributed by atoms with Gasteiger partial charge < -0.3 is 10.6 Å². The maximum Gasteiger partial charge on any atom is 0.319 e. The maximum absolute atomic E-state index is 13.0. The molecule has 0 aromatic heterocycles. The molecule has 2 amide bonds. The lowest BCUT2D eigenvalue weighted by molar-refractivity contribution is 0.251. The third-order valence-corrected chi connectivity index (χ3v) is 3.00. The van der Waals surface area contributed by atoms with Crippen LogP contribution in [0.1, 0.15) is 11.1 Å². The van der Waals surface area contributed by atoms with Crippen LogP contribution < -0.4 is 10.6 Å². The predicted molar refractivity (Wildman–Crippen MR) is 78.4 cm³/mol. The van der Waals surface area contributed by atoms with Crippen molar-refractivity contribution in [1.82, 2.24) is 5.32 Å². The van der Waals surface area contributed by atoms with Crippen LogP contribution in [0.15, 0.2) is 42.5 Å². The van der Waals surface area contributed by atoms with Crippen molar-refractivity contribution in [2.24, 2.45) is 0 Å². The summed E-state index contributed by atoms with van der Waals surface area (Å²) in [6, 6.07) is 11.5. The lowest BCUT2D eigenvalue weighted by atomic mass is 10.1. The molecule has 0 saturated heterocycles. The number of hydrogen-bond donors (Lipinski definition) is 2. The molecule has 3 nitrogen and oxygen atoms in total. The van der Waals surface area contributed by atoms with Gasteiger partial charge in [-0.15, -0.1) is 0 Å². The summed E-state index contributed by atoms with van der Waals surface area (Å²) in [5.41, 5.74) is 2.59. The first-order valence-corrected chi connectivity index (χ1v) is 6.48. The minimum atomic E-state index is -0.516. The number of rotatable bonds is 3. The van der Waals surface area contributed by atoms with Crippen LogP contribution in [0.25, 0.3) is 0 Å². The minimum absolute atomic E-state index is 0.0264. The van der Waals surface area contributed by atoms with Crippen LogP contribution in [0.4, 0.5) is 14.9 Å². The zero-order valence-electron chi connectivity index (χ0n) is 10.9. The quantitative estimate of drug-likeness (QED) is 0.878. The van der Waals surface area contributed by atoms with Gasteiger partial charge in [-0.3, -0.25) is 0 Å². The van der Waals surface area contributed by atoms with Crippen LogP contribution in [0.3, 0.4) is 0 Å². The second kappa shape index (κ2) is 6.39. The van der Waals surface area contributed by atoms with E-state index < -0.39 is 5.82 Å². The highest BCUT2D eigenvalue weighted by Gasteiger charge is 2.05. The van der Waals surface area contributed by atoms with Crippen molar-refractivity contribution in [3.63, 3.8) is 0 Å². The number of carbonyl (C=O) groups is 1. The number of hydrogen-bond acceptors (Lipinski definition) is 1. The van der Waals surface area contributed by atoms with Crippen LogP contribution in [-0.2, 0) is 6.54 Å². The van der Waals surface area contributed by atoms with Gasteiger partial charge in [-0.05, 0) is 30.7 Å². The lowest BCUT2D eigenvalue weighted by Crippen LogP contribution is -2.28. The average molecular weight is 293 g/mol. The van der Waals surface area contributed by atoms with Crippen molar-refractivity contribution in [3.8, 4) is 0 Å².